The summed E-state index contributed by atoms with van der Waals surface area (Å²) in [5, 5.41) is 4.05. The highest BCUT2D eigenvalue weighted by Gasteiger charge is 2.34. The highest BCUT2D eigenvalue weighted by atomic mass is 19.1. The molecule has 2 aromatic carbocycles. The number of carbonyl (C=O) groups is 1. The molecule has 5 heteroatoms. The number of hydrogen-bond donors (Lipinski definition) is 0. The van der Waals surface area contributed by atoms with Crippen LogP contribution in [0.2, 0.25) is 0 Å². The molecule has 0 saturated heterocycles. The van der Waals surface area contributed by atoms with Crippen molar-refractivity contribution >= 4 is 11.6 Å². The van der Waals surface area contributed by atoms with Crippen molar-refractivity contribution in [3.63, 3.8) is 0 Å². The molecule has 4 rings (SSSR count). The quantitative estimate of drug-likeness (QED) is 0.712. The Bertz CT molecular complexity index is 929. The molecule has 2 heterocycles. The molecule has 120 valence electrons. The van der Waals surface area contributed by atoms with Gasteiger partial charge in [0.15, 0.2) is 5.76 Å². The molecule has 0 unspecified atom stereocenters. The minimum Gasteiger partial charge on any atom is -0.356 e. The van der Waals surface area contributed by atoms with Gasteiger partial charge in [-0.1, -0.05) is 11.2 Å². The van der Waals surface area contributed by atoms with Gasteiger partial charge in [0.2, 0.25) is 0 Å². The Morgan fingerprint density at radius 1 is 1.04 bits per heavy atom. The SMILES string of the molecule is CC(C)N1C(=O)c2ccc(-c3cc(-c4ccc(F)cc4)no3)cc21. The van der Waals surface area contributed by atoms with Crippen molar-refractivity contribution in [2.24, 2.45) is 0 Å². The summed E-state index contributed by atoms with van der Waals surface area (Å²) >= 11 is 0. The smallest absolute Gasteiger partial charge is 0.260 e. The molecule has 0 fully saturated rings. The molecule has 0 saturated carbocycles. The van der Waals surface area contributed by atoms with E-state index in [-0.39, 0.29) is 17.8 Å². The lowest BCUT2D eigenvalue weighted by molar-refractivity contribution is 0.0958. The maximum atomic E-state index is 13.0. The lowest BCUT2D eigenvalue weighted by Crippen LogP contribution is -2.45. The third-order valence-corrected chi connectivity index (χ3v) is 4.16. The summed E-state index contributed by atoms with van der Waals surface area (Å²) in [5.74, 6) is 0.375. The van der Waals surface area contributed by atoms with Crippen LogP contribution in [0.25, 0.3) is 22.6 Å². The number of benzene rings is 2. The molecule has 0 N–H and O–H groups in total. The zero-order chi connectivity index (χ0) is 16.8. The summed E-state index contributed by atoms with van der Waals surface area (Å²) in [4.78, 5) is 13.8. The summed E-state index contributed by atoms with van der Waals surface area (Å²) in [7, 11) is 0. The molecule has 1 aliphatic heterocycles. The van der Waals surface area contributed by atoms with E-state index in [2.05, 4.69) is 5.16 Å². The van der Waals surface area contributed by atoms with Gasteiger partial charge in [0, 0.05) is 23.2 Å². The van der Waals surface area contributed by atoms with E-state index >= 15 is 0 Å². The third-order valence-electron chi connectivity index (χ3n) is 4.16. The Morgan fingerprint density at radius 2 is 1.75 bits per heavy atom. The molecule has 0 atom stereocenters. The number of rotatable bonds is 3. The van der Waals surface area contributed by atoms with Crippen LogP contribution in [0, 0.1) is 5.82 Å². The molecule has 1 amide bonds. The van der Waals surface area contributed by atoms with Crippen molar-refractivity contribution in [1.82, 2.24) is 5.16 Å². The topological polar surface area (TPSA) is 46.3 Å². The third kappa shape index (κ3) is 2.21. The van der Waals surface area contributed by atoms with E-state index in [9.17, 15) is 9.18 Å². The maximum absolute atomic E-state index is 13.0. The number of carbonyl (C=O) groups excluding carboxylic acids is 1. The molecule has 1 aliphatic rings. The number of nitrogens with zero attached hydrogens (tertiary/aromatic N) is 2. The fourth-order valence-electron chi connectivity index (χ4n) is 2.93. The Hall–Kier alpha value is -2.95. The van der Waals surface area contributed by atoms with Gasteiger partial charge in [0.25, 0.3) is 5.91 Å². The van der Waals surface area contributed by atoms with Gasteiger partial charge < -0.3 is 9.42 Å². The fraction of sp³-hybridized carbons (Fsp3) is 0.158. The average Bonchev–Trinajstić information content (AvgIpc) is 3.04. The standard InChI is InChI=1S/C19H15FN2O2/c1-11(2)22-17-9-13(5-8-15(17)19(22)23)18-10-16(21-24-18)12-3-6-14(20)7-4-12/h3-11H,1-2H3. The van der Waals surface area contributed by atoms with Crippen molar-refractivity contribution in [3.8, 4) is 22.6 Å². The van der Waals surface area contributed by atoms with E-state index in [0.717, 1.165) is 22.4 Å². The summed E-state index contributed by atoms with van der Waals surface area (Å²) < 4.78 is 18.4. The normalized spacial score (nSPS) is 13.2. The van der Waals surface area contributed by atoms with Crippen LogP contribution in [0.15, 0.2) is 53.1 Å². The predicted octanol–water partition coefficient (Wildman–Crippen LogP) is 4.52. The maximum Gasteiger partial charge on any atom is 0.260 e. The van der Waals surface area contributed by atoms with E-state index in [1.807, 2.05) is 38.1 Å². The van der Waals surface area contributed by atoms with Crippen LogP contribution in [-0.2, 0) is 0 Å². The highest BCUT2D eigenvalue weighted by molar-refractivity contribution is 6.20. The predicted molar refractivity (Wildman–Crippen MR) is 89.3 cm³/mol. The van der Waals surface area contributed by atoms with E-state index < -0.39 is 0 Å². The van der Waals surface area contributed by atoms with Gasteiger partial charge in [-0.05, 0) is 50.2 Å². The van der Waals surface area contributed by atoms with Crippen LogP contribution in [0.1, 0.15) is 24.2 Å². The molecule has 4 nitrogen and oxygen atoms in total. The lowest BCUT2D eigenvalue weighted by Gasteiger charge is -2.37. The molecule has 0 radical (unpaired) electrons. The first-order chi connectivity index (χ1) is 11.5. The first-order valence-corrected chi connectivity index (χ1v) is 7.75. The van der Waals surface area contributed by atoms with E-state index in [1.165, 1.54) is 12.1 Å². The number of halogens is 1. The molecule has 3 aromatic rings. The monoisotopic (exact) mass is 322 g/mol. The molecular weight excluding hydrogens is 307 g/mol. The van der Waals surface area contributed by atoms with Crippen LogP contribution in [0.5, 0.6) is 0 Å². The summed E-state index contributed by atoms with van der Waals surface area (Å²) in [5.41, 5.74) is 3.92. The minimum atomic E-state index is -0.289. The Labute approximate surface area is 138 Å². The molecule has 0 spiro atoms. The Morgan fingerprint density at radius 3 is 2.46 bits per heavy atom. The summed E-state index contributed by atoms with van der Waals surface area (Å²) in [6, 6.07) is 13.6. The average molecular weight is 322 g/mol. The van der Waals surface area contributed by atoms with E-state index in [1.54, 1.807) is 17.0 Å². The molecule has 0 aliphatic carbocycles. The van der Waals surface area contributed by atoms with Crippen LogP contribution < -0.4 is 4.90 Å². The first kappa shape index (κ1) is 14.6. The molecular formula is C19H15FN2O2. The van der Waals surface area contributed by atoms with Crippen molar-refractivity contribution in [2.45, 2.75) is 19.9 Å². The van der Waals surface area contributed by atoms with Gasteiger partial charge in [-0.3, -0.25) is 4.79 Å². The second kappa shape index (κ2) is 5.30. The van der Waals surface area contributed by atoms with Crippen molar-refractivity contribution < 1.29 is 13.7 Å². The second-order valence-electron chi connectivity index (χ2n) is 6.08. The first-order valence-electron chi connectivity index (χ1n) is 7.75. The van der Waals surface area contributed by atoms with Crippen LogP contribution in [0.4, 0.5) is 10.1 Å². The molecule has 0 bridgehead atoms. The van der Waals surface area contributed by atoms with Crippen molar-refractivity contribution in [1.29, 1.82) is 0 Å². The van der Waals surface area contributed by atoms with Gasteiger partial charge in [-0.25, -0.2) is 4.39 Å². The molecule has 1 aromatic heterocycles. The largest absolute Gasteiger partial charge is 0.356 e. The lowest BCUT2D eigenvalue weighted by atomic mass is 9.97. The molecule has 24 heavy (non-hydrogen) atoms. The number of aromatic nitrogens is 1. The minimum absolute atomic E-state index is 0.0520. The van der Waals surface area contributed by atoms with Crippen molar-refractivity contribution in [2.75, 3.05) is 4.90 Å². The summed E-state index contributed by atoms with van der Waals surface area (Å²) in [6.07, 6.45) is 0. The van der Waals surface area contributed by atoms with Gasteiger partial charge in [-0.2, -0.15) is 0 Å². The van der Waals surface area contributed by atoms with Gasteiger partial charge in [-0.15, -0.1) is 0 Å². The Balaban J connectivity index is 1.68. The zero-order valence-electron chi connectivity index (χ0n) is 13.3. The van der Waals surface area contributed by atoms with E-state index in [4.69, 9.17) is 4.52 Å². The number of anilines is 1. The van der Waals surface area contributed by atoms with Gasteiger partial charge >= 0.3 is 0 Å². The van der Waals surface area contributed by atoms with Crippen LogP contribution >= 0.6 is 0 Å². The van der Waals surface area contributed by atoms with Gasteiger partial charge in [0.1, 0.15) is 11.5 Å². The second-order valence-corrected chi connectivity index (χ2v) is 6.08. The van der Waals surface area contributed by atoms with Crippen molar-refractivity contribution in [3.05, 3.63) is 59.9 Å². The highest BCUT2D eigenvalue weighted by Crippen LogP contribution is 2.38. The van der Waals surface area contributed by atoms with Crippen LogP contribution in [-0.4, -0.2) is 17.1 Å². The van der Waals surface area contributed by atoms with Gasteiger partial charge in [0.05, 0.1) is 11.3 Å². The number of amides is 1. The summed E-state index contributed by atoms with van der Waals surface area (Å²) in [6.45, 7) is 3.96. The number of hydrogen-bond acceptors (Lipinski definition) is 3. The van der Waals surface area contributed by atoms with E-state index in [0.29, 0.717) is 11.5 Å². The Kier molecular flexibility index (Phi) is 3.23. The van der Waals surface area contributed by atoms with Crippen LogP contribution in [0.3, 0.4) is 0 Å². The fourth-order valence-corrected chi connectivity index (χ4v) is 2.93. The zero-order valence-corrected chi connectivity index (χ0v) is 13.3. The number of fused-ring (bicyclic) bond motifs is 1.